The third kappa shape index (κ3) is 7.47. The summed E-state index contributed by atoms with van der Waals surface area (Å²) < 4.78 is 0. The Labute approximate surface area is 244 Å². The van der Waals surface area contributed by atoms with E-state index in [4.69, 9.17) is 5.73 Å². The highest BCUT2D eigenvalue weighted by Crippen LogP contribution is 2.22. The quantitative estimate of drug-likeness (QED) is 0.191. The number of likely N-dealkylation sites (tertiary alicyclic amines) is 1. The average molecular weight is 578 g/mol. The number of carbonyl (C=O) groups excluding carboxylic acids is 3. The number of carboxylic acids is 1. The number of phenolic OH excluding ortho intramolecular Hbond substituents is 1. The van der Waals surface area contributed by atoms with Crippen LogP contribution in [0.25, 0.3) is 10.9 Å². The number of fused-ring (bicyclic) bond motifs is 1. The first-order chi connectivity index (χ1) is 20.0. The van der Waals surface area contributed by atoms with Crippen molar-refractivity contribution in [1.29, 1.82) is 0 Å². The van der Waals surface area contributed by atoms with Crippen LogP contribution >= 0.6 is 0 Å². The standard InChI is InChI=1S/C31H39N5O6/c1-18(2)14-23(32)30(40)36-13-5-8-27(36)29(39)34-25(15-19-9-11-21(37)12-10-19)28(38)35-26(31(41)42)16-20-17-33-24-7-4-3-6-22(20)24/h3-4,6-7,9-12,17-18,23,25-27,33,37H,5,8,13-16,32H2,1-2H3,(H,34,39)(H,35,38)(H,41,42). The number of carbonyl (C=O) groups is 4. The van der Waals surface area contributed by atoms with Crippen molar-refractivity contribution in [2.75, 3.05) is 6.54 Å². The first-order valence-electron chi connectivity index (χ1n) is 14.3. The van der Waals surface area contributed by atoms with Gasteiger partial charge in [0.15, 0.2) is 0 Å². The van der Waals surface area contributed by atoms with Crippen molar-refractivity contribution in [3.05, 3.63) is 65.9 Å². The van der Waals surface area contributed by atoms with Gasteiger partial charge in [-0.3, -0.25) is 14.4 Å². The second-order valence-corrected chi connectivity index (χ2v) is 11.3. The van der Waals surface area contributed by atoms with Gasteiger partial charge in [-0.05, 0) is 54.5 Å². The molecule has 3 aromatic rings. The van der Waals surface area contributed by atoms with Crippen LogP contribution in [0, 0.1) is 5.92 Å². The van der Waals surface area contributed by atoms with Crippen molar-refractivity contribution in [3.8, 4) is 5.75 Å². The van der Waals surface area contributed by atoms with Gasteiger partial charge < -0.3 is 36.5 Å². The Morgan fingerprint density at radius 2 is 1.74 bits per heavy atom. The monoisotopic (exact) mass is 577 g/mol. The van der Waals surface area contributed by atoms with Gasteiger partial charge in [0.1, 0.15) is 23.9 Å². The van der Waals surface area contributed by atoms with Crippen LogP contribution in [0.5, 0.6) is 5.75 Å². The van der Waals surface area contributed by atoms with E-state index in [1.807, 2.05) is 38.1 Å². The van der Waals surface area contributed by atoms with Crippen LogP contribution < -0.4 is 16.4 Å². The number of carboxylic acid groups (broad SMARTS) is 1. The molecule has 0 bridgehead atoms. The lowest BCUT2D eigenvalue weighted by Gasteiger charge is -2.29. The van der Waals surface area contributed by atoms with Crippen molar-refractivity contribution in [3.63, 3.8) is 0 Å². The fourth-order valence-corrected chi connectivity index (χ4v) is 5.46. The van der Waals surface area contributed by atoms with E-state index in [0.29, 0.717) is 31.4 Å². The molecule has 1 aliphatic rings. The average Bonchev–Trinajstić information content (AvgIpc) is 3.60. The van der Waals surface area contributed by atoms with E-state index in [1.54, 1.807) is 18.3 Å². The summed E-state index contributed by atoms with van der Waals surface area (Å²) in [5, 5.41) is 25.9. The zero-order valence-corrected chi connectivity index (χ0v) is 23.9. The predicted octanol–water partition coefficient (Wildman–Crippen LogP) is 2.08. The minimum Gasteiger partial charge on any atom is -0.508 e. The first kappa shape index (κ1) is 30.6. The second kappa shape index (κ2) is 13.5. The number of amides is 3. The summed E-state index contributed by atoms with van der Waals surface area (Å²) in [7, 11) is 0. The Balaban J connectivity index is 1.52. The van der Waals surface area contributed by atoms with Crippen LogP contribution in [0.3, 0.4) is 0 Å². The van der Waals surface area contributed by atoms with Crippen molar-refractivity contribution in [2.45, 2.75) is 70.1 Å². The van der Waals surface area contributed by atoms with Crippen molar-refractivity contribution >= 4 is 34.6 Å². The number of phenols is 1. The summed E-state index contributed by atoms with van der Waals surface area (Å²) in [5.41, 5.74) is 8.36. The number of rotatable bonds is 12. The topological polar surface area (TPSA) is 178 Å². The molecular formula is C31H39N5O6. The third-order valence-electron chi connectivity index (χ3n) is 7.60. The summed E-state index contributed by atoms with van der Waals surface area (Å²) >= 11 is 0. The molecule has 0 saturated carbocycles. The molecule has 4 unspecified atom stereocenters. The number of hydrogen-bond acceptors (Lipinski definition) is 6. The van der Waals surface area contributed by atoms with E-state index in [-0.39, 0.29) is 30.4 Å². The van der Waals surface area contributed by atoms with E-state index >= 15 is 0 Å². The van der Waals surface area contributed by atoms with Crippen LogP contribution in [0.4, 0.5) is 0 Å². The minimum absolute atomic E-state index is 0.0314. The Kier molecular flexibility index (Phi) is 9.84. The maximum Gasteiger partial charge on any atom is 0.326 e. The molecule has 4 rings (SSSR count). The highest BCUT2D eigenvalue weighted by atomic mass is 16.4. The fraction of sp³-hybridized carbons (Fsp3) is 0.419. The van der Waals surface area contributed by atoms with Crippen LogP contribution in [-0.2, 0) is 32.0 Å². The van der Waals surface area contributed by atoms with Crippen molar-refractivity contribution < 1.29 is 29.4 Å². The molecule has 1 fully saturated rings. The molecule has 2 aromatic carbocycles. The van der Waals surface area contributed by atoms with E-state index in [0.717, 1.165) is 16.5 Å². The number of hydrogen-bond donors (Lipinski definition) is 6. The van der Waals surface area contributed by atoms with Gasteiger partial charge in [0, 0.05) is 36.5 Å². The number of nitrogens with zero attached hydrogens (tertiary/aromatic N) is 1. The number of aromatic nitrogens is 1. The number of aromatic hydroxyl groups is 1. The summed E-state index contributed by atoms with van der Waals surface area (Å²) in [6.07, 6.45) is 3.34. The number of aromatic amines is 1. The number of nitrogens with two attached hydrogens (primary N) is 1. The number of H-pyrrole nitrogens is 1. The van der Waals surface area contributed by atoms with Gasteiger partial charge in [-0.25, -0.2) is 4.79 Å². The zero-order valence-electron chi connectivity index (χ0n) is 23.9. The largest absolute Gasteiger partial charge is 0.508 e. The molecule has 1 aromatic heterocycles. The maximum atomic E-state index is 13.6. The maximum absolute atomic E-state index is 13.6. The first-order valence-corrected chi connectivity index (χ1v) is 14.3. The van der Waals surface area contributed by atoms with Gasteiger partial charge in [0.05, 0.1) is 6.04 Å². The second-order valence-electron chi connectivity index (χ2n) is 11.3. The lowest BCUT2D eigenvalue weighted by molar-refractivity contribution is -0.143. The van der Waals surface area contributed by atoms with Gasteiger partial charge in [-0.15, -0.1) is 0 Å². The van der Waals surface area contributed by atoms with Crippen LogP contribution in [0.15, 0.2) is 54.7 Å². The fourth-order valence-electron chi connectivity index (χ4n) is 5.46. The summed E-state index contributed by atoms with van der Waals surface area (Å²) in [6.45, 7) is 4.33. The van der Waals surface area contributed by atoms with Crippen LogP contribution in [0.2, 0.25) is 0 Å². The van der Waals surface area contributed by atoms with E-state index in [2.05, 4.69) is 15.6 Å². The minimum atomic E-state index is -1.26. The number of aliphatic carboxylic acids is 1. The molecule has 1 aliphatic heterocycles. The summed E-state index contributed by atoms with van der Waals surface area (Å²) in [4.78, 5) is 56.9. The lowest BCUT2D eigenvalue weighted by Crippen LogP contribution is -2.57. The molecule has 0 spiro atoms. The van der Waals surface area contributed by atoms with Crippen molar-refractivity contribution in [1.82, 2.24) is 20.5 Å². The number of nitrogens with one attached hydrogen (secondary N) is 3. The molecule has 224 valence electrons. The van der Waals surface area contributed by atoms with Crippen LogP contribution in [0.1, 0.15) is 44.2 Å². The molecule has 0 aliphatic carbocycles. The Morgan fingerprint density at radius 1 is 1.02 bits per heavy atom. The molecule has 4 atom stereocenters. The summed E-state index contributed by atoms with van der Waals surface area (Å²) in [5.74, 6) is -2.42. The third-order valence-corrected chi connectivity index (χ3v) is 7.60. The molecule has 11 nitrogen and oxygen atoms in total. The van der Waals surface area contributed by atoms with E-state index in [9.17, 15) is 29.4 Å². The molecule has 11 heteroatoms. The van der Waals surface area contributed by atoms with Crippen molar-refractivity contribution in [2.24, 2.45) is 11.7 Å². The zero-order chi connectivity index (χ0) is 30.4. The molecule has 0 radical (unpaired) electrons. The Morgan fingerprint density at radius 3 is 2.43 bits per heavy atom. The van der Waals surface area contributed by atoms with Gasteiger partial charge >= 0.3 is 5.97 Å². The van der Waals surface area contributed by atoms with Gasteiger partial charge in [0.2, 0.25) is 17.7 Å². The highest BCUT2D eigenvalue weighted by molar-refractivity contribution is 5.95. The number of benzene rings is 2. The summed E-state index contributed by atoms with van der Waals surface area (Å²) in [6, 6.07) is 9.76. The molecule has 7 N–H and O–H groups in total. The normalized spacial score (nSPS) is 17.1. The Bertz CT molecular complexity index is 1420. The molecular weight excluding hydrogens is 538 g/mol. The molecule has 1 saturated heterocycles. The SMILES string of the molecule is CC(C)CC(N)C(=O)N1CCCC1C(=O)NC(Cc1ccc(O)cc1)C(=O)NC(Cc1c[nH]c2ccccc12)C(=O)O. The smallest absolute Gasteiger partial charge is 0.326 e. The predicted molar refractivity (Wildman–Crippen MR) is 157 cm³/mol. The van der Waals surface area contributed by atoms with Gasteiger partial charge in [-0.2, -0.15) is 0 Å². The lowest BCUT2D eigenvalue weighted by atomic mass is 10.0. The molecule has 42 heavy (non-hydrogen) atoms. The van der Waals surface area contributed by atoms with E-state index in [1.165, 1.54) is 17.0 Å². The van der Waals surface area contributed by atoms with Crippen LogP contribution in [-0.4, -0.2) is 74.5 Å². The highest BCUT2D eigenvalue weighted by Gasteiger charge is 2.38. The van der Waals surface area contributed by atoms with Gasteiger partial charge in [0.25, 0.3) is 0 Å². The van der Waals surface area contributed by atoms with Gasteiger partial charge in [-0.1, -0.05) is 44.2 Å². The number of para-hydroxylation sites is 1. The van der Waals surface area contributed by atoms with E-state index < -0.39 is 42.0 Å². The molecule has 2 heterocycles. The molecule has 3 amide bonds. The Hall–Kier alpha value is -4.38.